The van der Waals surface area contributed by atoms with Gasteiger partial charge >= 0.3 is 0 Å². The molecule has 0 saturated carbocycles. The molecule has 1 heterocycles. The average molecular weight is 256 g/mol. The molecule has 0 aliphatic heterocycles. The molecule has 1 aromatic carbocycles. The number of aryl methyl sites for hydroxylation is 3. The predicted molar refractivity (Wildman–Crippen MR) is 70.7 cm³/mol. The third-order valence-electron chi connectivity index (χ3n) is 3.12. The Balaban J connectivity index is 2.21. The van der Waals surface area contributed by atoms with Gasteiger partial charge in [-0.05, 0) is 44.0 Å². The van der Waals surface area contributed by atoms with Crippen molar-refractivity contribution >= 4 is 0 Å². The molecular formula is C14H16N4O. The molecule has 5 nitrogen and oxygen atoms in total. The highest BCUT2D eigenvalue weighted by Gasteiger charge is 2.10. The Kier molecular flexibility index (Phi) is 3.52. The highest BCUT2D eigenvalue weighted by molar-refractivity contribution is 5.47. The van der Waals surface area contributed by atoms with E-state index in [1.165, 1.54) is 0 Å². The van der Waals surface area contributed by atoms with Crippen LogP contribution in [0.2, 0.25) is 0 Å². The summed E-state index contributed by atoms with van der Waals surface area (Å²) in [4.78, 5) is 0. The molecule has 2 aromatic rings. The molecule has 1 aromatic heterocycles. The van der Waals surface area contributed by atoms with E-state index in [0.717, 1.165) is 28.5 Å². The molecule has 5 heteroatoms. The summed E-state index contributed by atoms with van der Waals surface area (Å²) in [5.41, 5.74) is 2.56. The molecule has 0 spiro atoms. The van der Waals surface area contributed by atoms with Crippen LogP contribution in [-0.2, 0) is 13.7 Å². The summed E-state index contributed by atoms with van der Waals surface area (Å²) >= 11 is 0. The van der Waals surface area contributed by atoms with E-state index in [9.17, 15) is 0 Å². The van der Waals surface area contributed by atoms with Gasteiger partial charge in [0.15, 0.2) is 5.82 Å². The zero-order valence-electron chi connectivity index (χ0n) is 11.6. The Morgan fingerprint density at radius 3 is 2.32 bits per heavy atom. The van der Waals surface area contributed by atoms with Gasteiger partial charge in [-0.15, -0.1) is 10.2 Å². The van der Waals surface area contributed by atoms with Crippen molar-refractivity contribution in [2.75, 3.05) is 0 Å². The van der Waals surface area contributed by atoms with Crippen LogP contribution in [0.3, 0.4) is 0 Å². The van der Waals surface area contributed by atoms with E-state index >= 15 is 0 Å². The first-order valence-corrected chi connectivity index (χ1v) is 6.02. The molecule has 19 heavy (non-hydrogen) atoms. The Labute approximate surface area is 112 Å². The fourth-order valence-electron chi connectivity index (χ4n) is 1.96. The molecular weight excluding hydrogens is 240 g/mol. The summed E-state index contributed by atoms with van der Waals surface area (Å²) in [7, 11) is 1.91. The Bertz CT molecular complexity index is 629. The second-order valence-electron chi connectivity index (χ2n) is 4.56. The van der Waals surface area contributed by atoms with Crippen LogP contribution < -0.4 is 4.74 Å². The molecule has 0 aliphatic carbocycles. The van der Waals surface area contributed by atoms with Gasteiger partial charge < -0.3 is 9.30 Å². The minimum absolute atomic E-state index is 0.366. The summed E-state index contributed by atoms with van der Waals surface area (Å²) < 4.78 is 7.71. The molecule has 98 valence electrons. The topological polar surface area (TPSA) is 63.7 Å². The van der Waals surface area contributed by atoms with Crippen molar-refractivity contribution in [1.82, 2.24) is 14.8 Å². The summed E-state index contributed by atoms with van der Waals surface area (Å²) in [6.07, 6.45) is 0. The molecule has 2 rings (SSSR count). The Morgan fingerprint density at radius 2 is 1.84 bits per heavy atom. The number of benzene rings is 1. The van der Waals surface area contributed by atoms with E-state index in [1.807, 2.05) is 44.5 Å². The zero-order chi connectivity index (χ0) is 14.0. The van der Waals surface area contributed by atoms with Gasteiger partial charge in [-0.25, -0.2) is 0 Å². The van der Waals surface area contributed by atoms with Crippen LogP contribution in [-0.4, -0.2) is 14.8 Å². The van der Waals surface area contributed by atoms with Crippen LogP contribution in [0.15, 0.2) is 12.1 Å². The maximum atomic E-state index is 8.91. The number of aromatic nitrogens is 3. The number of rotatable bonds is 3. The minimum Gasteiger partial charge on any atom is -0.485 e. The van der Waals surface area contributed by atoms with Crippen molar-refractivity contribution in [2.45, 2.75) is 27.4 Å². The van der Waals surface area contributed by atoms with E-state index in [2.05, 4.69) is 16.3 Å². The second-order valence-corrected chi connectivity index (χ2v) is 4.56. The first-order valence-electron chi connectivity index (χ1n) is 6.02. The molecule has 0 N–H and O–H groups in total. The first-order chi connectivity index (χ1) is 9.02. The van der Waals surface area contributed by atoms with Crippen molar-refractivity contribution in [3.05, 3.63) is 40.5 Å². The van der Waals surface area contributed by atoms with E-state index in [1.54, 1.807) is 0 Å². The van der Waals surface area contributed by atoms with Gasteiger partial charge in [-0.1, -0.05) is 0 Å². The van der Waals surface area contributed by atoms with Gasteiger partial charge in [0.25, 0.3) is 0 Å². The van der Waals surface area contributed by atoms with Gasteiger partial charge in [0.2, 0.25) is 0 Å². The number of nitriles is 1. The number of hydrogen-bond donors (Lipinski definition) is 0. The van der Waals surface area contributed by atoms with E-state index in [-0.39, 0.29) is 0 Å². The van der Waals surface area contributed by atoms with Crippen LogP contribution in [0.25, 0.3) is 0 Å². The lowest BCUT2D eigenvalue weighted by molar-refractivity contribution is 0.287. The van der Waals surface area contributed by atoms with Gasteiger partial charge in [0.05, 0.1) is 11.6 Å². The fraction of sp³-hybridized carbons (Fsp3) is 0.357. The van der Waals surface area contributed by atoms with Gasteiger partial charge in [0, 0.05) is 7.05 Å². The molecule has 0 aliphatic rings. The molecule has 0 bridgehead atoms. The van der Waals surface area contributed by atoms with Gasteiger partial charge in [-0.2, -0.15) is 5.26 Å². The molecule has 0 fully saturated rings. The Morgan fingerprint density at radius 1 is 1.21 bits per heavy atom. The third kappa shape index (κ3) is 2.58. The zero-order valence-corrected chi connectivity index (χ0v) is 11.6. The van der Waals surface area contributed by atoms with Crippen LogP contribution in [0.1, 0.15) is 28.3 Å². The number of nitrogens with zero attached hydrogens (tertiary/aromatic N) is 4. The highest BCUT2D eigenvalue weighted by atomic mass is 16.5. The van der Waals surface area contributed by atoms with Gasteiger partial charge in [-0.3, -0.25) is 0 Å². The third-order valence-corrected chi connectivity index (χ3v) is 3.12. The predicted octanol–water partition coefficient (Wildman–Crippen LogP) is 2.19. The maximum absolute atomic E-state index is 8.91. The molecule has 0 unspecified atom stereocenters. The summed E-state index contributed by atoms with van der Waals surface area (Å²) in [5.74, 6) is 2.44. The van der Waals surface area contributed by atoms with E-state index < -0.39 is 0 Å². The lowest BCUT2D eigenvalue weighted by Gasteiger charge is -2.12. The largest absolute Gasteiger partial charge is 0.485 e. The SMILES string of the molecule is Cc1cc(C#N)cc(C)c1OCc1nnc(C)n1C. The normalized spacial score (nSPS) is 10.3. The van der Waals surface area contributed by atoms with E-state index in [0.29, 0.717) is 12.2 Å². The van der Waals surface area contributed by atoms with Crippen LogP contribution in [0.4, 0.5) is 0 Å². The quantitative estimate of drug-likeness (QED) is 0.844. The summed E-state index contributed by atoms with van der Waals surface area (Å²) in [6, 6.07) is 5.79. The fourth-order valence-corrected chi connectivity index (χ4v) is 1.96. The smallest absolute Gasteiger partial charge is 0.170 e. The summed E-state index contributed by atoms with van der Waals surface area (Å²) in [6.45, 7) is 6.13. The van der Waals surface area contributed by atoms with Gasteiger partial charge in [0.1, 0.15) is 18.2 Å². The maximum Gasteiger partial charge on any atom is 0.170 e. The number of ether oxygens (including phenoxy) is 1. The van der Waals surface area contributed by atoms with Crippen molar-refractivity contribution < 1.29 is 4.74 Å². The van der Waals surface area contributed by atoms with Crippen LogP contribution in [0.5, 0.6) is 5.75 Å². The van der Waals surface area contributed by atoms with Crippen molar-refractivity contribution in [3.8, 4) is 11.8 Å². The van der Waals surface area contributed by atoms with Crippen molar-refractivity contribution in [1.29, 1.82) is 5.26 Å². The molecule has 0 saturated heterocycles. The standard InChI is InChI=1S/C14H16N4O/c1-9-5-12(7-15)6-10(2)14(9)19-8-13-17-16-11(3)18(13)4/h5-6H,8H2,1-4H3. The van der Waals surface area contributed by atoms with Crippen LogP contribution >= 0.6 is 0 Å². The lowest BCUT2D eigenvalue weighted by Crippen LogP contribution is -2.06. The minimum atomic E-state index is 0.366. The second kappa shape index (κ2) is 5.11. The monoisotopic (exact) mass is 256 g/mol. The molecule has 0 atom stereocenters. The van der Waals surface area contributed by atoms with E-state index in [4.69, 9.17) is 10.00 Å². The average Bonchev–Trinajstić information content (AvgIpc) is 2.69. The van der Waals surface area contributed by atoms with Crippen molar-refractivity contribution in [3.63, 3.8) is 0 Å². The highest BCUT2D eigenvalue weighted by Crippen LogP contribution is 2.25. The molecule has 0 radical (unpaired) electrons. The summed E-state index contributed by atoms with van der Waals surface area (Å²) in [5, 5.41) is 17.0. The first kappa shape index (κ1) is 13.1. The Hall–Kier alpha value is -2.35. The van der Waals surface area contributed by atoms with Crippen molar-refractivity contribution in [2.24, 2.45) is 7.05 Å². The van der Waals surface area contributed by atoms with Crippen LogP contribution in [0, 0.1) is 32.1 Å². The number of hydrogen-bond acceptors (Lipinski definition) is 4. The lowest BCUT2D eigenvalue weighted by atomic mass is 10.1. The molecule has 0 amide bonds.